The number of carbonyl (C=O) groups excluding carboxylic acids is 1. The maximum atomic E-state index is 11.8. The summed E-state index contributed by atoms with van der Waals surface area (Å²) in [5.41, 5.74) is 2.34. The fourth-order valence-corrected chi connectivity index (χ4v) is 2.57. The molecule has 0 aliphatic carbocycles. The Balaban J connectivity index is 1.98. The topological polar surface area (TPSA) is 59.8 Å². The summed E-state index contributed by atoms with van der Waals surface area (Å²) in [6.07, 6.45) is 2.04. The molecule has 7 heteroatoms. The summed E-state index contributed by atoms with van der Waals surface area (Å²) in [6, 6.07) is 0. The van der Waals surface area contributed by atoms with Crippen LogP contribution in [0.2, 0.25) is 0 Å². The van der Waals surface area contributed by atoms with Gasteiger partial charge in [-0.15, -0.1) is 22.9 Å². The lowest BCUT2D eigenvalue weighted by atomic mass is 10.3. The van der Waals surface area contributed by atoms with Gasteiger partial charge in [0, 0.05) is 18.6 Å². The van der Waals surface area contributed by atoms with E-state index in [4.69, 9.17) is 11.6 Å². The second-order valence-electron chi connectivity index (χ2n) is 3.89. The van der Waals surface area contributed by atoms with E-state index in [1.807, 2.05) is 19.4 Å². The van der Waals surface area contributed by atoms with Crippen LogP contribution in [-0.2, 0) is 24.1 Å². The predicted molar refractivity (Wildman–Crippen MR) is 71.9 cm³/mol. The molecular formula is C11H13ClN4OS. The minimum Gasteiger partial charge on any atom is -0.323 e. The summed E-state index contributed by atoms with van der Waals surface area (Å²) in [5.74, 6) is 0.279. The molecule has 0 saturated carbocycles. The smallest absolute Gasteiger partial charge is 0.231 e. The summed E-state index contributed by atoms with van der Waals surface area (Å²) in [6.45, 7) is 1.85. The molecule has 2 heterocycles. The first-order valence-electron chi connectivity index (χ1n) is 5.38. The van der Waals surface area contributed by atoms with Gasteiger partial charge in [0.25, 0.3) is 0 Å². The number of aryl methyl sites for hydroxylation is 2. The maximum absolute atomic E-state index is 11.8. The fourth-order valence-electron chi connectivity index (χ4n) is 1.55. The van der Waals surface area contributed by atoms with Gasteiger partial charge in [-0.25, -0.2) is 4.98 Å². The number of hydrogen-bond donors (Lipinski definition) is 1. The molecule has 0 saturated heterocycles. The van der Waals surface area contributed by atoms with Crippen LogP contribution in [-0.4, -0.2) is 20.7 Å². The number of rotatable bonds is 4. The highest BCUT2D eigenvalue weighted by atomic mass is 35.5. The monoisotopic (exact) mass is 284 g/mol. The zero-order chi connectivity index (χ0) is 13.1. The van der Waals surface area contributed by atoms with Gasteiger partial charge in [0.05, 0.1) is 29.4 Å². The van der Waals surface area contributed by atoms with E-state index in [0.29, 0.717) is 5.88 Å². The van der Waals surface area contributed by atoms with Crippen LogP contribution < -0.4 is 5.32 Å². The van der Waals surface area contributed by atoms with Crippen LogP contribution in [0.3, 0.4) is 0 Å². The Morgan fingerprint density at radius 1 is 1.61 bits per heavy atom. The molecule has 2 rings (SSSR count). The molecule has 0 fully saturated rings. The molecule has 0 spiro atoms. The molecule has 2 aromatic rings. The van der Waals surface area contributed by atoms with Crippen LogP contribution >= 0.6 is 22.9 Å². The molecule has 0 unspecified atom stereocenters. The normalized spacial score (nSPS) is 10.6. The van der Waals surface area contributed by atoms with Gasteiger partial charge >= 0.3 is 0 Å². The Kier molecular flexibility index (Phi) is 3.98. The third kappa shape index (κ3) is 3.08. The van der Waals surface area contributed by atoms with Gasteiger partial charge < -0.3 is 5.32 Å². The van der Waals surface area contributed by atoms with Gasteiger partial charge in [0.1, 0.15) is 5.01 Å². The maximum Gasteiger partial charge on any atom is 0.231 e. The van der Waals surface area contributed by atoms with E-state index in [9.17, 15) is 4.79 Å². The van der Waals surface area contributed by atoms with Crippen molar-refractivity contribution < 1.29 is 4.79 Å². The first-order chi connectivity index (χ1) is 8.58. The van der Waals surface area contributed by atoms with E-state index in [1.165, 1.54) is 11.3 Å². The van der Waals surface area contributed by atoms with E-state index in [2.05, 4.69) is 15.4 Å². The summed E-state index contributed by atoms with van der Waals surface area (Å²) < 4.78 is 1.67. The SMILES string of the molecule is Cc1nn(C)cc1NC(=O)Cc1nc(CCl)cs1. The predicted octanol–water partition coefficient (Wildman–Crippen LogP) is 2.11. The minimum atomic E-state index is -0.0958. The molecule has 1 N–H and O–H groups in total. The Morgan fingerprint density at radius 2 is 2.39 bits per heavy atom. The van der Waals surface area contributed by atoms with Crippen LogP contribution in [0.1, 0.15) is 16.4 Å². The second kappa shape index (κ2) is 5.49. The summed E-state index contributed by atoms with van der Waals surface area (Å²) in [4.78, 5) is 16.1. The minimum absolute atomic E-state index is 0.0958. The number of aromatic nitrogens is 3. The lowest BCUT2D eigenvalue weighted by Gasteiger charge is -2.01. The second-order valence-corrected chi connectivity index (χ2v) is 5.10. The number of anilines is 1. The Morgan fingerprint density at radius 3 is 2.94 bits per heavy atom. The van der Waals surface area contributed by atoms with E-state index >= 15 is 0 Å². The van der Waals surface area contributed by atoms with Crippen LogP contribution in [0.15, 0.2) is 11.6 Å². The average Bonchev–Trinajstić information content (AvgIpc) is 2.86. The molecular weight excluding hydrogens is 272 g/mol. The summed E-state index contributed by atoms with van der Waals surface area (Å²) in [7, 11) is 1.82. The van der Waals surface area contributed by atoms with Gasteiger partial charge in [-0.05, 0) is 6.92 Å². The van der Waals surface area contributed by atoms with Gasteiger partial charge in [-0.1, -0.05) is 0 Å². The van der Waals surface area contributed by atoms with Crippen LogP contribution in [0, 0.1) is 6.92 Å². The lowest BCUT2D eigenvalue weighted by molar-refractivity contribution is -0.115. The number of thiazole rings is 1. The summed E-state index contributed by atoms with van der Waals surface area (Å²) >= 11 is 7.11. The molecule has 0 aliphatic rings. The van der Waals surface area contributed by atoms with Crippen LogP contribution in [0.4, 0.5) is 5.69 Å². The highest BCUT2D eigenvalue weighted by molar-refractivity contribution is 7.09. The fraction of sp³-hybridized carbons (Fsp3) is 0.364. The third-order valence-corrected chi connectivity index (χ3v) is 3.51. The number of hydrogen-bond acceptors (Lipinski definition) is 4. The van der Waals surface area contributed by atoms with Crippen LogP contribution in [0.25, 0.3) is 0 Å². The molecule has 0 aromatic carbocycles. The first-order valence-corrected chi connectivity index (χ1v) is 6.79. The number of carbonyl (C=O) groups is 1. The van der Waals surface area contributed by atoms with E-state index in [0.717, 1.165) is 22.1 Å². The average molecular weight is 285 g/mol. The number of amides is 1. The van der Waals surface area contributed by atoms with Gasteiger partial charge in [-0.3, -0.25) is 9.48 Å². The number of nitrogens with zero attached hydrogens (tertiary/aromatic N) is 3. The van der Waals surface area contributed by atoms with Crippen molar-refractivity contribution in [3.05, 3.63) is 28.0 Å². The molecule has 1 amide bonds. The van der Waals surface area contributed by atoms with Crippen molar-refractivity contribution in [2.75, 3.05) is 5.32 Å². The lowest BCUT2D eigenvalue weighted by Crippen LogP contribution is -2.14. The number of nitrogens with one attached hydrogen (secondary N) is 1. The Bertz CT molecular complexity index is 563. The van der Waals surface area contributed by atoms with Crippen molar-refractivity contribution in [1.82, 2.24) is 14.8 Å². The Labute approximate surface area is 114 Å². The van der Waals surface area contributed by atoms with Crippen molar-refractivity contribution in [3.8, 4) is 0 Å². The first kappa shape index (κ1) is 13.0. The Hall–Kier alpha value is -1.40. The van der Waals surface area contributed by atoms with Crippen LogP contribution in [0.5, 0.6) is 0 Å². The van der Waals surface area contributed by atoms with Crippen molar-refractivity contribution >= 4 is 34.5 Å². The molecule has 0 bridgehead atoms. The van der Waals surface area contributed by atoms with Crippen molar-refractivity contribution in [1.29, 1.82) is 0 Å². The van der Waals surface area contributed by atoms with E-state index in [1.54, 1.807) is 10.9 Å². The third-order valence-electron chi connectivity index (χ3n) is 2.34. The standard InChI is InChI=1S/C11H13ClN4OS/c1-7-9(5-16(2)15-7)14-10(17)3-11-13-8(4-12)6-18-11/h5-6H,3-4H2,1-2H3,(H,14,17). The number of halogens is 1. The molecule has 96 valence electrons. The molecule has 0 atom stereocenters. The zero-order valence-electron chi connectivity index (χ0n) is 10.1. The van der Waals surface area contributed by atoms with Crippen molar-refractivity contribution in [2.24, 2.45) is 7.05 Å². The van der Waals surface area contributed by atoms with E-state index < -0.39 is 0 Å². The van der Waals surface area contributed by atoms with Crippen molar-refractivity contribution in [3.63, 3.8) is 0 Å². The molecule has 5 nitrogen and oxygen atoms in total. The zero-order valence-corrected chi connectivity index (χ0v) is 11.7. The van der Waals surface area contributed by atoms with E-state index in [-0.39, 0.29) is 12.3 Å². The highest BCUT2D eigenvalue weighted by Crippen LogP contribution is 2.15. The van der Waals surface area contributed by atoms with Gasteiger partial charge in [0.15, 0.2) is 0 Å². The number of alkyl halides is 1. The van der Waals surface area contributed by atoms with Gasteiger partial charge in [-0.2, -0.15) is 5.10 Å². The molecule has 0 radical (unpaired) electrons. The molecule has 2 aromatic heterocycles. The largest absolute Gasteiger partial charge is 0.323 e. The highest BCUT2D eigenvalue weighted by Gasteiger charge is 2.10. The molecule has 0 aliphatic heterocycles. The van der Waals surface area contributed by atoms with Gasteiger partial charge in [0.2, 0.25) is 5.91 Å². The molecule has 18 heavy (non-hydrogen) atoms. The summed E-state index contributed by atoms with van der Waals surface area (Å²) in [5, 5.41) is 9.61. The van der Waals surface area contributed by atoms with Crippen molar-refractivity contribution in [2.45, 2.75) is 19.2 Å². The quantitative estimate of drug-likeness (QED) is 0.875.